The third-order valence-corrected chi connectivity index (χ3v) is 3.53. The highest BCUT2D eigenvalue weighted by Crippen LogP contribution is 2.28. The molecular formula is C16H12N4. The molecule has 2 aromatic carbocycles. The van der Waals surface area contributed by atoms with Crippen molar-refractivity contribution in [3.8, 4) is 5.69 Å². The van der Waals surface area contributed by atoms with Crippen molar-refractivity contribution in [2.75, 3.05) is 5.73 Å². The minimum Gasteiger partial charge on any atom is -0.398 e. The third kappa shape index (κ3) is 1.48. The Morgan fingerprint density at radius 2 is 1.80 bits per heavy atom. The number of nitrogens with two attached hydrogens (primary N) is 1. The molecule has 0 saturated heterocycles. The smallest absolute Gasteiger partial charge is 0.0748 e. The van der Waals surface area contributed by atoms with Crippen molar-refractivity contribution in [2.45, 2.75) is 0 Å². The Hall–Kier alpha value is -2.88. The van der Waals surface area contributed by atoms with Crippen LogP contribution < -0.4 is 5.73 Å². The molecule has 2 N–H and O–H groups in total. The molecule has 0 amide bonds. The van der Waals surface area contributed by atoms with E-state index in [1.165, 1.54) is 0 Å². The molecule has 96 valence electrons. The Morgan fingerprint density at radius 3 is 2.75 bits per heavy atom. The van der Waals surface area contributed by atoms with Crippen LogP contribution >= 0.6 is 0 Å². The fraction of sp³-hybridized carbons (Fsp3) is 0. The average molecular weight is 260 g/mol. The van der Waals surface area contributed by atoms with E-state index >= 15 is 0 Å². The number of para-hydroxylation sites is 1. The molecule has 0 radical (unpaired) electrons. The lowest BCUT2D eigenvalue weighted by atomic mass is 10.1. The van der Waals surface area contributed by atoms with Gasteiger partial charge in [0, 0.05) is 34.2 Å². The van der Waals surface area contributed by atoms with Gasteiger partial charge in [0.05, 0.1) is 17.4 Å². The Bertz CT molecular complexity index is 924. The number of hydrogen-bond acceptors (Lipinski definition) is 3. The van der Waals surface area contributed by atoms with E-state index in [2.05, 4.69) is 22.2 Å². The second kappa shape index (κ2) is 4.06. The summed E-state index contributed by atoms with van der Waals surface area (Å²) in [5.41, 5.74) is 8.85. The standard InChI is InChI=1S/C16H12N4/c17-14-5-6-16(13-10-18-8-7-12(13)14)20-15-4-2-1-3-11(15)9-19-20/h1-10H,17H2. The summed E-state index contributed by atoms with van der Waals surface area (Å²) in [4.78, 5) is 4.21. The largest absolute Gasteiger partial charge is 0.398 e. The number of pyridine rings is 1. The summed E-state index contributed by atoms with van der Waals surface area (Å²) < 4.78 is 1.93. The molecule has 4 aromatic rings. The van der Waals surface area contributed by atoms with E-state index in [1.807, 2.05) is 47.4 Å². The molecule has 20 heavy (non-hydrogen) atoms. The molecule has 4 nitrogen and oxygen atoms in total. The predicted octanol–water partition coefficient (Wildman–Crippen LogP) is 3.16. The second-order valence-electron chi connectivity index (χ2n) is 4.71. The summed E-state index contributed by atoms with van der Waals surface area (Å²) in [5, 5.41) is 7.60. The van der Waals surface area contributed by atoms with E-state index in [0.29, 0.717) is 0 Å². The number of nitrogen functional groups attached to an aromatic ring is 1. The molecule has 2 heterocycles. The van der Waals surface area contributed by atoms with Gasteiger partial charge < -0.3 is 5.73 Å². The summed E-state index contributed by atoms with van der Waals surface area (Å²) >= 11 is 0. The molecular weight excluding hydrogens is 248 g/mol. The van der Waals surface area contributed by atoms with Crippen molar-refractivity contribution in [3.05, 3.63) is 61.1 Å². The maximum Gasteiger partial charge on any atom is 0.0748 e. The lowest BCUT2D eigenvalue weighted by Crippen LogP contribution is -1.99. The first-order valence-electron chi connectivity index (χ1n) is 6.40. The van der Waals surface area contributed by atoms with Gasteiger partial charge in [0.1, 0.15) is 0 Å². The van der Waals surface area contributed by atoms with Crippen molar-refractivity contribution in [1.29, 1.82) is 0 Å². The number of rotatable bonds is 1. The molecule has 2 aromatic heterocycles. The molecule has 0 spiro atoms. The van der Waals surface area contributed by atoms with Crippen molar-refractivity contribution in [3.63, 3.8) is 0 Å². The first-order chi connectivity index (χ1) is 9.84. The number of anilines is 1. The number of hydrogen-bond donors (Lipinski definition) is 1. The number of fused-ring (bicyclic) bond motifs is 2. The van der Waals surface area contributed by atoms with E-state index in [-0.39, 0.29) is 0 Å². The zero-order chi connectivity index (χ0) is 13.5. The van der Waals surface area contributed by atoms with E-state index in [0.717, 1.165) is 33.1 Å². The van der Waals surface area contributed by atoms with Gasteiger partial charge >= 0.3 is 0 Å². The van der Waals surface area contributed by atoms with Gasteiger partial charge in [-0.15, -0.1) is 0 Å². The van der Waals surface area contributed by atoms with Crippen LogP contribution in [0.2, 0.25) is 0 Å². The lowest BCUT2D eigenvalue weighted by Gasteiger charge is -2.09. The molecule has 0 aliphatic rings. The van der Waals surface area contributed by atoms with Crippen LogP contribution in [0.5, 0.6) is 0 Å². The van der Waals surface area contributed by atoms with Crippen LogP contribution in [0, 0.1) is 0 Å². The van der Waals surface area contributed by atoms with Crippen LogP contribution in [-0.2, 0) is 0 Å². The van der Waals surface area contributed by atoms with Crippen LogP contribution in [0.25, 0.3) is 27.4 Å². The van der Waals surface area contributed by atoms with Gasteiger partial charge in [0.25, 0.3) is 0 Å². The van der Waals surface area contributed by atoms with Gasteiger partial charge in [-0.3, -0.25) is 4.98 Å². The Morgan fingerprint density at radius 1 is 0.900 bits per heavy atom. The first-order valence-corrected chi connectivity index (χ1v) is 6.40. The Balaban J connectivity index is 2.10. The Kier molecular flexibility index (Phi) is 2.23. The summed E-state index contributed by atoms with van der Waals surface area (Å²) in [6, 6.07) is 14.0. The van der Waals surface area contributed by atoms with Crippen LogP contribution in [0.3, 0.4) is 0 Å². The molecule has 4 rings (SSSR count). The summed E-state index contributed by atoms with van der Waals surface area (Å²) in [5.74, 6) is 0. The fourth-order valence-electron chi connectivity index (χ4n) is 2.55. The van der Waals surface area contributed by atoms with Gasteiger partial charge in [-0.25, -0.2) is 4.68 Å². The average Bonchev–Trinajstić information content (AvgIpc) is 2.92. The van der Waals surface area contributed by atoms with Gasteiger partial charge in [0.15, 0.2) is 0 Å². The van der Waals surface area contributed by atoms with Crippen LogP contribution in [0.4, 0.5) is 5.69 Å². The predicted molar refractivity (Wildman–Crippen MR) is 80.8 cm³/mol. The molecule has 0 unspecified atom stereocenters. The Labute approximate surface area is 115 Å². The quantitative estimate of drug-likeness (QED) is 0.535. The zero-order valence-electron chi connectivity index (χ0n) is 10.7. The molecule has 4 heteroatoms. The third-order valence-electron chi connectivity index (χ3n) is 3.53. The first kappa shape index (κ1) is 11.0. The zero-order valence-corrected chi connectivity index (χ0v) is 10.7. The maximum atomic E-state index is 6.03. The molecule has 0 bridgehead atoms. The lowest BCUT2D eigenvalue weighted by molar-refractivity contribution is 0.918. The van der Waals surface area contributed by atoms with Gasteiger partial charge in [-0.2, -0.15) is 5.10 Å². The summed E-state index contributed by atoms with van der Waals surface area (Å²) in [7, 11) is 0. The number of nitrogens with zero attached hydrogens (tertiary/aromatic N) is 3. The van der Waals surface area contributed by atoms with E-state index < -0.39 is 0 Å². The molecule has 0 aliphatic heterocycles. The van der Waals surface area contributed by atoms with Crippen LogP contribution in [0.15, 0.2) is 61.1 Å². The SMILES string of the molecule is Nc1ccc(-n2ncc3ccccc32)c2cnccc12. The molecule has 0 aliphatic carbocycles. The van der Waals surface area contributed by atoms with Crippen molar-refractivity contribution < 1.29 is 0 Å². The van der Waals surface area contributed by atoms with Gasteiger partial charge in [-0.1, -0.05) is 18.2 Å². The maximum absolute atomic E-state index is 6.03. The van der Waals surface area contributed by atoms with E-state index in [4.69, 9.17) is 5.73 Å². The van der Waals surface area contributed by atoms with Crippen molar-refractivity contribution >= 4 is 27.4 Å². The normalized spacial score (nSPS) is 11.2. The topological polar surface area (TPSA) is 56.7 Å². The fourth-order valence-corrected chi connectivity index (χ4v) is 2.55. The highest BCUT2D eigenvalue weighted by molar-refractivity contribution is 5.98. The highest BCUT2D eigenvalue weighted by atomic mass is 15.3. The minimum absolute atomic E-state index is 0.752. The summed E-state index contributed by atoms with van der Waals surface area (Å²) in [6.07, 6.45) is 5.45. The van der Waals surface area contributed by atoms with E-state index in [9.17, 15) is 0 Å². The molecule has 0 fully saturated rings. The van der Waals surface area contributed by atoms with Crippen molar-refractivity contribution in [1.82, 2.24) is 14.8 Å². The minimum atomic E-state index is 0.752. The van der Waals surface area contributed by atoms with Crippen LogP contribution in [0.1, 0.15) is 0 Å². The van der Waals surface area contributed by atoms with E-state index in [1.54, 1.807) is 6.20 Å². The van der Waals surface area contributed by atoms with Crippen LogP contribution in [-0.4, -0.2) is 14.8 Å². The van der Waals surface area contributed by atoms with Gasteiger partial charge in [-0.05, 0) is 24.3 Å². The molecule has 0 atom stereocenters. The number of aromatic nitrogens is 3. The monoisotopic (exact) mass is 260 g/mol. The summed E-state index contributed by atoms with van der Waals surface area (Å²) in [6.45, 7) is 0. The van der Waals surface area contributed by atoms with Crippen molar-refractivity contribution in [2.24, 2.45) is 0 Å². The number of benzene rings is 2. The molecule has 0 saturated carbocycles. The highest BCUT2D eigenvalue weighted by Gasteiger charge is 2.09. The second-order valence-corrected chi connectivity index (χ2v) is 4.71. The van der Waals surface area contributed by atoms with Gasteiger partial charge in [0.2, 0.25) is 0 Å².